The molecule has 0 unspecified atom stereocenters. The number of benzene rings is 2. The van der Waals surface area contributed by atoms with Gasteiger partial charge < -0.3 is 21.0 Å². The topological polar surface area (TPSA) is 129 Å². The number of carbonyl (C=O) groups is 1. The SMILES string of the molecule is NCCCOc1ccc(Cl)cc1NC(=O)Nc1nc2ccc(F)cc2[n+]([O-])n1. The number of nitrogens with one attached hydrogen (secondary N) is 2. The fourth-order valence-corrected chi connectivity index (χ4v) is 2.49. The molecule has 2 amide bonds. The molecule has 0 spiro atoms. The summed E-state index contributed by atoms with van der Waals surface area (Å²) in [6, 6.07) is 7.49. The summed E-state index contributed by atoms with van der Waals surface area (Å²) in [5.74, 6) is -0.441. The van der Waals surface area contributed by atoms with Gasteiger partial charge in [-0.25, -0.2) is 14.2 Å². The zero-order chi connectivity index (χ0) is 20.1. The summed E-state index contributed by atoms with van der Waals surface area (Å²) in [5, 5.41) is 20.8. The number of ether oxygens (including phenoxy) is 1. The van der Waals surface area contributed by atoms with Gasteiger partial charge in [-0.1, -0.05) is 11.6 Å². The largest absolute Gasteiger partial charge is 0.594 e. The van der Waals surface area contributed by atoms with Gasteiger partial charge >= 0.3 is 6.03 Å². The number of fused-ring (bicyclic) bond motifs is 1. The van der Waals surface area contributed by atoms with E-state index in [4.69, 9.17) is 22.1 Å². The van der Waals surface area contributed by atoms with Crippen molar-refractivity contribution in [1.29, 1.82) is 0 Å². The van der Waals surface area contributed by atoms with Crippen molar-refractivity contribution in [2.24, 2.45) is 5.73 Å². The minimum Gasteiger partial charge on any atom is -0.594 e. The highest BCUT2D eigenvalue weighted by Crippen LogP contribution is 2.28. The molecule has 146 valence electrons. The summed E-state index contributed by atoms with van der Waals surface area (Å²) in [5.41, 5.74) is 5.87. The van der Waals surface area contributed by atoms with Crippen molar-refractivity contribution in [2.45, 2.75) is 6.42 Å². The van der Waals surface area contributed by atoms with E-state index in [1.807, 2.05) is 0 Å². The van der Waals surface area contributed by atoms with Crippen LogP contribution in [0.1, 0.15) is 6.42 Å². The maximum absolute atomic E-state index is 13.2. The molecule has 1 heterocycles. The first-order valence-corrected chi connectivity index (χ1v) is 8.61. The van der Waals surface area contributed by atoms with Crippen molar-refractivity contribution in [1.82, 2.24) is 10.1 Å². The Morgan fingerprint density at radius 1 is 1.29 bits per heavy atom. The summed E-state index contributed by atoms with van der Waals surface area (Å²) < 4.78 is 18.8. The van der Waals surface area contributed by atoms with E-state index in [-0.39, 0.29) is 21.8 Å². The van der Waals surface area contributed by atoms with E-state index in [1.165, 1.54) is 12.1 Å². The average Bonchev–Trinajstić information content (AvgIpc) is 2.64. The van der Waals surface area contributed by atoms with Crippen LogP contribution in [0.2, 0.25) is 5.02 Å². The Morgan fingerprint density at radius 3 is 2.89 bits per heavy atom. The number of rotatable bonds is 6. The van der Waals surface area contributed by atoms with E-state index in [0.29, 0.717) is 36.0 Å². The van der Waals surface area contributed by atoms with Gasteiger partial charge in [0.25, 0.3) is 11.5 Å². The molecule has 0 aliphatic heterocycles. The summed E-state index contributed by atoms with van der Waals surface area (Å²) >= 11 is 5.97. The summed E-state index contributed by atoms with van der Waals surface area (Å²) in [4.78, 5) is 16.5. The van der Waals surface area contributed by atoms with Gasteiger partial charge in [-0.15, -0.1) is 0 Å². The Kier molecular flexibility index (Phi) is 6.02. The molecule has 0 saturated carbocycles. The molecule has 0 atom stereocenters. The standard InChI is InChI=1S/C17H16ClFN6O3/c18-10-2-5-15(28-7-1-6-20)13(8-10)22-17(26)23-16-21-12-4-3-11(19)9-14(12)25(27)24-16/h2-5,8-9H,1,6-7,20H2,(H2,21,22,23,24,26). The Bertz CT molecular complexity index is 1020. The average molecular weight is 407 g/mol. The van der Waals surface area contributed by atoms with Gasteiger partial charge in [-0.05, 0) is 48.1 Å². The lowest BCUT2D eigenvalue weighted by molar-refractivity contribution is -0.641. The predicted octanol–water partition coefficient (Wildman–Crippen LogP) is 2.43. The highest BCUT2D eigenvalue weighted by Gasteiger charge is 2.15. The van der Waals surface area contributed by atoms with Gasteiger partial charge in [-0.2, -0.15) is 0 Å². The fraction of sp³-hybridized carbons (Fsp3) is 0.176. The number of carbonyl (C=O) groups excluding carboxylic acids is 1. The van der Waals surface area contributed by atoms with E-state index in [0.717, 1.165) is 12.1 Å². The molecule has 0 aliphatic rings. The number of anilines is 2. The van der Waals surface area contributed by atoms with Crippen molar-refractivity contribution in [3.8, 4) is 5.75 Å². The molecule has 0 fully saturated rings. The first-order chi connectivity index (χ1) is 13.5. The van der Waals surface area contributed by atoms with Crippen LogP contribution in [0.3, 0.4) is 0 Å². The van der Waals surface area contributed by atoms with Crippen LogP contribution >= 0.6 is 11.6 Å². The Labute approximate surface area is 163 Å². The van der Waals surface area contributed by atoms with Crippen LogP contribution < -0.4 is 25.9 Å². The van der Waals surface area contributed by atoms with Crippen molar-refractivity contribution < 1.29 is 18.8 Å². The summed E-state index contributed by atoms with van der Waals surface area (Å²) in [6.07, 6.45) is 0.642. The van der Waals surface area contributed by atoms with Crippen LogP contribution in [0.4, 0.5) is 20.8 Å². The van der Waals surface area contributed by atoms with Crippen LogP contribution in [-0.2, 0) is 0 Å². The fourth-order valence-electron chi connectivity index (χ4n) is 2.32. The van der Waals surface area contributed by atoms with E-state index < -0.39 is 11.8 Å². The highest BCUT2D eigenvalue weighted by molar-refractivity contribution is 6.31. The number of aromatic nitrogens is 3. The second kappa shape index (κ2) is 8.63. The number of nitrogens with two attached hydrogens (primary N) is 1. The number of halogens is 2. The van der Waals surface area contributed by atoms with Crippen molar-refractivity contribution in [3.05, 3.63) is 52.4 Å². The zero-order valence-electron chi connectivity index (χ0n) is 14.5. The molecular weight excluding hydrogens is 391 g/mol. The van der Waals surface area contributed by atoms with Gasteiger partial charge in [-0.3, -0.25) is 5.32 Å². The lowest BCUT2D eigenvalue weighted by atomic mass is 10.3. The van der Waals surface area contributed by atoms with Crippen LogP contribution in [0.25, 0.3) is 11.0 Å². The number of amides is 2. The minimum atomic E-state index is -0.715. The van der Waals surface area contributed by atoms with E-state index in [9.17, 15) is 14.4 Å². The molecule has 0 radical (unpaired) electrons. The van der Waals surface area contributed by atoms with E-state index in [2.05, 4.69) is 20.7 Å². The molecule has 0 bridgehead atoms. The number of nitrogens with zero attached hydrogens (tertiary/aromatic N) is 3. The zero-order valence-corrected chi connectivity index (χ0v) is 15.2. The Morgan fingerprint density at radius 2 is 2.11 bits per heavy atom. The number of hydrogen-bond donors (Lipinski definition) is 3. The van der Waals surface area contributed by atoms with Crippen molar-refractivity contribution >= 4 is 40.3 Å². The lowest BCUT2D eigenvalue weighted by Crippen LogP contribution is -2.35. The van der Waals surface area contributed by atoms with E-state index >= 15 is 0 Å². The van der Waals surface area contributed by atoms with Crippen LogP contribution in [-0.4, -0.2) is 29.3 Å². The third kappa shape index (κ3) is 4.72. The third-order valence-corrected chi connectivity index (χ3v) is 3.81. The molecule has 0 saturated heterocycles. The van der Waals surface area contributed by atoms with Gasteiger partial charge in [0.2, 0.25) is 0 Å². The quantitative estimate of drug-likeness (QED) is 0.327. The molecule has 0 aliphatic carbocycles. The van der Waals surface area contributed by atoms with Crippen molar-refractivity contribution in [3.63, 3.8) is 0 Å². The van der Waals surface area contributed by atoms with Gasteiger partial charge in [0.1, 0.15) is 17.1 Å². The molecule has 4 N–H and O–H groups in total. The van der Waals surface area contributed by atoms with Gasteiger partial charge in [0.05, 0.1) is 23.5 Å². The molecule has 9 nitrogen and oxygen atoms in total. The lowest BCUT2D eigenvalue weighted by Gasteiger charge is -2.13. The normalized spacial score (nSPS) is 10.7. The molecule has 3 aromatic rings. The second-order valence-electron chi connectivity index (χ2n) is 5.65. The maximum Gasteiger partial charge on any atom is 0.326 e. The van der Waals surface area contributed by atoms with Crippen molar-refractivity contribution in [2.75, 3.05) is 23.8 Å². The predicted molar refractivity (Wildman–Crippen MR) is 102 cm³/mol. The molecular formula is C17H16ClFN6O3. The summed E-state index contributed by atoms with van der Waals surface area (Å²) in [7, 11) is 0. The molecule has 28 heavy (non-hydrogen) atoms. The minimum absolute atomic E-state index is 0.0589. The number of hydrogen-bond acceptors (Lipinski definition) is 6. The van der Waals surface area contributed by atoms with Gasteiger partial charge in [0.15, 0.2) is 0 Å². The molecule has 2 aromatic carbocycles. The Balaban J connectivity index is 1.76. The first-order valence-electron chi connectivity index (χ1n) is 8.24. The van der Waals surface area contributed by atoms with Crippen LogP contribution in [0.5, 0.6) is 5.75 Å². The smallest absolute Gasteiger partial charge is 0.326 e. The third-order valence-electron chi connectivity index (χ3n) is 3.58. The molecule has 3 rings (SSSR count). The monoisotopic (exact) mass is 406 g/mol. The maximum atomic E-state index is 13.2. The molecule has 11 heteroatoms. The first kappa shape index (κ1) is 19.5. The van der Waals surface area contributed by atoms with Crippen LogP contribution in [0, 0.1) is 11.0 Å². The van der Waals surface area contributed by atoms with Gasteiger partial charge in [0, 0.05) is 5.02 Å². The molecule has 1 aromatic heterocycles. The van der Waals surface area contributed by atoms with Crippen LogP contribution in [0.15, 0.2) is 36.4 Å². The number of urea groups is 1. The second-order valence-corrected chi connectivity index (χ2v) is 6.09. The highest BCUT2D eigenvalue weighted by atomic mass is 35.5. The van der Waals surface area contributed by atoms with E-state index in [1.54, 1.807) is 12.1 Å². The Hall–Kier alpha value is -3.24. The summed E-state index contributed by atoms with van der Waals surface area (Å²) in [6.45, 7) is 0.837.